The van der Waals surface area contributed by atoms with Crippen LogP contribution in [0.2, 0.25) is 0 Å². The summed E-state index contributed by atoms with van der Waals surface area (Å²) in [6, 6.07) is 0.459. The Bertz CT molecular complexity index is 441. The summed E-state index contributed by atoms with van der Waals surface area (Å²) in [5.74, 6) is -1.06. The molecule has 0 amide bonds. The number of alkyl halides is 5. The molecule has 0 aliphatic carbocycles. The van der Waals surface area contributed by atoms with Crippen molar-refractivity contribution < 1.29 is 26.7 Å². The zero-order chi connectivity index (χ0) is 12.5. The highest BCUT2D eigenvalue weighted by molar-refractivity contribution is 14.1. The van der Waals surface area contributed by atoms with Gasteiger partial charge in [0.25, 0.3) is 6.43 Å². The van der Waals surface area contributed by atoms with Crippen molar-refractivity contribution in [2.24, 2.45) is 0 Å². The second-order valence-corrected chi connectivity index (χ2v) is 3.65. The maximum atomic E-state index is 12.3. The molecule has 1 rings (SSSR count). The van der Waals surface area contributed by atoms with Gasteiger partial charge >= 0.3 is 6.36 Å². The number of pyridine rings is 1. The minimum atomic E-state index is -5.05. The maximum Gasteiger partial charge on any atom is 0.574 e. The molecule has 0 spiro atoms. The molecule has 0 unspecified atom stereocenters. The summed E-state index contributed by atoms with van der Waals surface area (Å²) in [5, 5.41) is 0. The molecular weight excluding hydrogens is 352 g/mol. The third kappa shape index (κ3) is 3.32. The van der Waals surface area contributed by atoms with E-state index in [4.69, 9.17) is 0 Å². The van der Waals surface area contributed by atoms with Crippen molar-refractivity contribution in [3.63, 3.8) is 0 Å². The largest absolute Gasteiger partial charge is 0.574 e. The normalized spacial score (nSPS) is 11.9. The van der Waals surface area contributed by atoms with E-state index in [0.717, 1.165) is 0 Å². The van der Waals surface area contributed by atoms with Crippen molar-refractivity contribution in [2.45, 2.75) is 12.8 Å². The van der Waals surface area contributed by atoms with Crippen molar-refractivity contribution >= 4 is 22.6 Å². The van der Waals surface area contributed by atoms with Crippen LogP contribution in [0.4, 0.5) is 22.0 Å². The Kier molecular flexibility index (Phi) is 3.76. The van der Waals surface area contributed by atoms with Crippen LogP contribution in [0.5, 0.6) is 5.88 Å². The molecule has 0 bridgehead atoms. The molecule has 3 nitrogen and oxygen atoms in total. The minimum Gasteiger partial charge on any atom is -0.390 e. The van der Waals surface area contributed by atoms with Crippen LogP contribution in [0.3, 0.4) is 0 Å². The van der Waals surface area contributed by atoms with Crippen molar-refractivity contribution in [2.75, 3.05) is 0 Å². The molecule has 0 saturated carbocycles. The third-order valence-corrected chi connectivity index (χ3v) is 2.53. The average Bonchev–Trinajstić information content (AvgIpc) is 2.07. The van der Waals surface area contributed by atoms with Gasteiger partial charge in [-0.25, -0.2) is 8.78 Å². The standard InChI is InChI=1S/C7H3F5INO2/c8-6(9)5-4(13)2(15)1-3(14-5)16-7(10,11)12/h1,6H,(H,14,15). The summed E-state index contributed by atoms with van der Waals surface area (Å²) in [5.41, 5.74) is -1.86. The molecule has 9 heteroatoms. The quantitative estimate of drug-likeness (QED) is 0.655. The molecule has 16 heavy (non-hydrogen) atoms. The van der Waals surface area contributed by atoms with Gasteiger partial charge in [0.2, 0.25) is 5.88 Å². The first-order valence-corrected chi connectivity index (χ1v) is 4.75. The topological polar surface area (TPSA) is 42.1 Å². The highest BCUT2D eigenvalue weighted by atomic mass is 127. The fourth-order valence-electron chi connectivity index (χ4n) is 0.869. The van der Waals surface area contributed by atoms with E-state index < -0.39 is 29.8 Å². The summed E-state index contributed by atoms with van der Waals surface area (Å²) in [4.78, 5) is 12.8. The number of aromatic nitrogens is 1. The van der Waals surface area contributed by atoms with E-state index in [0.29, 0.717) is 6.07 Å². The van der Waals surface area contributed by atoms with E-state index in [2.05, 4.69) is 4.74 Å². The predicted octanol–water partition coefficient (Wildman–Crippen LogP) is 2.82. The fourth-order valence-corrected chi connectivity index (χ4v) is 1.39. The number of hydrogen-bond acceptors (Lipinski definition) is 2. The Morgan fingerprint density at radius 2 is 1.94 bits per heavy atom. The SMILES string of the molecule is O=c1cc(OC(F)(F)F)[nH]c(C(F)F)c1I. The molecule has 1 heterocycles. The van der Waals surface area contributed by atoms with Gasteiger partial charge in [0.1, 0.15) is 5.69 Å². The molecule has 90 valence electrons. The highest BCUT2D eigenvalue weighted by Gasteiger charge is 2.32. The first kappa shape index (κ1) is 13.2. The maximum absolute atomic E-state index is 12.3. The Hall–Kier alpha value is -0.870. The Labute approximate surface area is 98.7 Å². The van der Waals surface area contributed by atoms with Crippen LogP contribution in [0.15, 0.2) is 10.9 Å². The number of rotatable bonds is 2. The van der Waals surface area contributed by atoms with Gasteiger partial charge in [-0.15, -0.1) is 13.2 Å². The van der Waals surface area contributed by atoms with Gasteiger partial charge in [-0.1, -0.05) is 0 Å². The summed E-state index contributed by atoms with van der Waals surface area (Å²) in [7, 11) is 0. The summed E-state index contributed by atoms with van der Waals surface area (Å²) in [6.45, 7) is 0. The van der Waals surface area contributed by atoms with E-state index in [1.807, 2.05) is 0 Å². The molecule has 1 aromatic heterocycles. The second kappa shape index (κ2) is 4.55. The molecule has 1 N–H and O–H groups in total. The van der Waals surface area contributed by atoms with Gasteiger partial charge in [-0.2, -0.15) is 0 Å². The molecule has 0 aromatic carbocycles. The monoisotopic (exact) mass is 355 g/mol. The lowest BCUT2D eigenvalue weighted by atomic mass is 10.3. The Morgan fingerprint density at radius 1 is 1.38 bits per heavy atom. The molecule has 0 atom stereocenters. The van der Waals surface area contributed by atoms with Gasteiger partial charge in [-0.3, -0.25) is 4.79 Å². The van der Waals surface area contributed by atoms with E-state index in [1.165, 1.54) is 22.6 Å². The zero-order valence-electron chi connectivity index (χ0n) is 7.24. The van der Waals surface area contributed by atoms with Crippen molar-refractivity contribution in [1.82, 2.24) is 4.98 Å². The number of aromatic amines is 1. The van der Waals surface area contributed by atoms with Crippen molar-refractivity contribution in [3.05, 3.63) is 25.6 Å². The highest BCUT2D eigenvalue weighted by Crippen LogP contribution is 2.25. The van der Waals surface area contributed by atoms with Gasteiger partial charge in [0.15, 0.2) is 5.43 Å². The van der Waals surface area contributed by atoms with Gasteiger partial charge in [0.05, 0.1) is 3.57 Å². The van der Waals surface area contributed by atoms with Crippen LogP contribution in [-0.2, 0) is 0 Å². The van der Waals surface area contributed by atoms with Crippen LogP contribution in [-0.4, -0.2) is 11.3 Å². The first-order valence-electron chi connectivity index (χ1n) is 3.67. The van der Waals surface area contributed by atoms with Crippen molar-refractivity contribution in [3.8, 4) is 5.88 Å². The van der Waals surface area contributed by atoms with Crippen LogP contribution in [0.25, 0.3) is 0 Å². The molecule has 0 radical (unpaired) electrons. The van der Waals surface area contributed by atoms with Crippen LogP contribution < -0.4 is 10.2 Å². The molecule has 1 aromatic rings. The molecular formula is C7H3F5INO2. The van der Waals surface area contributed by atoms with E-state index in [9.17, 15) is 26.7 Å². The first-order chi connectivity index (χ1) is 7.20. The van der Waals surface area contributed by atoms with Crippen LogP contribution >= 0.6 is 22.6 Å². The lowest BCUT2D eigenvalue weighted by Crippen LogP contribution is -2.21. The lowest BCUT2D eigenvalue weighted by Gasteiger charge is -2.10. The number of nitrogens with one attached hydrogen (secondary N) is 1. The molecule has 0 aliphatic rings. The number of hydrogen-bond donors (Lipinski definition) is 1. The lowest BCUT2D eigenvalue weighted by molar-refractivity contribution is -0.276. The number of ether oxygens (including phenoxy) is 1. The number of H-pyrrole nitrogens is 1. The smallest absolute Gasteiger partial charge is 0.390 e. The van der Waals surface area contributed by atoms with Gasteiger partial charge < -0.3 is 9.72 Å². The summed E-state index contributed by atoms with van der Waals surface area (Å²) < 4.78 is 62.9. The Morgan fingerprint density at radius 3 is 2.38 bits per heavy atom. The van der Waals surface area contributed by atoms with Gasteiger partial charge in [-0.05, 0) is 22.6 Å². The van der Waals surface area contributed by atoms with Crippen molar-refractivity contribution in [1.29, 1.82) is 0 Å². The Balaban J connectivity index is 3.20. The fraction of sp³-hybridized carbons (Fsp3) is 0.286. The minimum absolute atomic E-state index is 0.373. The van der Waals surface area contributed by atoms with E-state index in [1.54, 1.807) is 4.98 Å². The van der Waals surface area contributed by atoms with Gasteiger partial charge in [0, 0.05) is 6.07 Å². The second-order valence-electron chi connectivity index (χ2n) is 2.57. The summed E-state index contributed by atoms with van der Waals surface area (Å²) in [6.07, 6.45) is -8.13. The van der Waals surface area contributed by atoms with E-state index >= 15 is 0 Å². The zero-order valence-corrected chi connectivity index (χ0v) is 9.40. The molecule has 0 fully saturated rings. The van der Waals surface area contributed by atoms with E-state index in [-0.39, 0.29) is 3.57 Å². The van der Waals surface area contributed by atoms with Crippen LogP contribution in [0.1, 0.15) is 12.1 Å². The summed E-state index contributed by atoms with van der Waals surface area (Å²) >= 11 is 1.31. The number of halogens is 6. The third-order valence-electron chi connectivity index (χ3n) is 1.42. The van der Waals surface area contributed by atoms with Crippen LogP contribution in [0, 0.1) is 3.57 Å². The average molecular weight is 355 g/mol. The predicted molar refractivity (Wildman–Crippen MR) is 51.4 cm³/mol. The molecule has 0 saturated heterocycles. The molecule has 0 aliphatic heterocycles.